The third-order valence-electron chi connectivity index (χ3n) is 4.30. The average molecular weight is 416 g/mol. The summed E-state index contributed by atoms with van der Waals surface area (Å²) in [6.45, 7) is 0.436. The van der Waals surface area contributed by atoms with Crippen LogP contribution >= 0.6 is 27.3 Å². The highest BCUT2D eigenvalue weighted by Gasteiger charge is 2.42. The molecule has 25 heavy (non-hydrogen) atoms. The first-order valence-corrected chi connectivity index (χ1v) is 9.24. The largest absolute Gasteiger partial charge is 0.397 e. The fourth-order valence-corrected chi connectivity index (χ4v) is 4.14. The molecule has 0 fully saturated rings. The van der Waals surface area contributed by atoms with Gasteiger partial charge < -0.3 is 16.4 Å². The first-order chi connectivity index (χ1) is 12.1. The van der Waals surface area contributed by atoms with Crippen LogP contribution in [0.4, 0.5) is 17.1 Å². The number of hydrogen-bond donors (Lipinski definition) is 2. The van der Waals surface area contributed by atoms with Crippen molar-refractivity contribution < 1.29 is 4.79 Å². The lowest BCUT2D eigenvalue weighted by Gasteiger charge is -2.19. The molecular weight excluding hydrogens is 402 g/mol. The van der Waals surface area contributed by atoms with Crippen molar-refractivity contribution in [1.29, 1.82) is 0 Å². The molecule has 2 aromatic carbocycles. The van der Waals surface area contributed by atoms with E-state index in [2.05, 4.69) is 26.1 Å². The van der Waals surface area contributed by atoms with Crippen molar-refractivity contribution in [1.82, 2.24) is 10.2 Å². The molecule has 3 aromatic rings. The Morgan fingerprint density at radius 3 is 2.72 bits per heavy atom. The number of carbonyl (C=O) groups excluding carboxylic acids is 1. The third kappa shape index (κ3) is 2.58. The van der Waals surface area contributed by atoms with Crippen LogP contribution in [0.1, 0.15) is 22.1 Å². The molecule has 0 bridgehead atoms. The summed E-state index contributed by atoms with van der Waals surface area (Å²) in [6.07, 6.45) is 0. The number of aromatic nitrogens is 2. The molecule has 8 heteroatoms. The number of fused-ring (bicyclic) bond motifs is 1. The Labute approximate surface area is 156 Å². The number of benzene rings is 2. The van der Waals surface area contributed by atoms with Crippen molar-refractivity contribution in [2.24, 2.45) is 0 Å². The summed E-state index contributed by atoms with van der Waals surface area (Å²) in [7, 11) is 0. The molecule has 0 aliphatic carbocycles. The van der Waals surface area contributed by atoms with E-state index in [1.54, 1.807) is 16.5 Å². The summed E-state index contributed by atoms with van der Waals surface area (Å²) in [5, 5.41) is 8.58. The molecule has 6 nitrogen and oxygen atoms in total. The number of halogens is 1. The molecule has 4 N–H and O–H groups in total. The number of anilines is 3. The van der Waals surface area contributed by atoms with Gasteiger partial charge >= 0.3 is 0 Å². The zero-order chi connectivity index (χ0) is 17.6. The van der Waals surface area contributed by atoms with Crippen LogP contribution in [0.2, 0.25) is 0 Å². The van der Waals surface area contributed by atoms with Crippen LogP contribution in [0.15, 0.2) is 46.4 Å². The van der Waals surface area contributed by atoms with E-state index in [-0.39, 0.29) is 5.91 Å². The van der Waals surface area contributed by atoms with E-state index in [4.69, 9.17) is 11.5 Å². The van der Waals surface area contributed by atoms with Gasteiger partial charge in [0.2, 0.25) is 5.91 Å². The maximum absolute atomic E-state index is 13.2. The van der Waals surface area contributed by atoms with E-state index in [1.807, 2.05) is 30.3 Å². The van der Waals surface area contributed by atoms with Crippen molar-refractivity contribution in [2.45, 2.75) is 12.5 Å². The summed E-state index contributed by atoms with van der Waals surface area (Å²) < 4.78 is 0.951. The Hall–Kier alpha value is -2.45. The summed E-state index contributed by atoms with van der Waals surface area (Å²) in [4.78, 5) is 14.9. The van der Waals surface area contributed by atoms with Crippen LogP contribution in [-0.2, 0) is 11.3 Å². The van der Waals surface area contributed by atoms with Crippen molar-refractivity contribution in [3.8, 4) is 0 Å². The zero-order valence-electron chi connectivity index (χ0n) is 13.0. The fourth-order valence-electron chi connectivity index (χ4n) is 3.08. The number of amides is 1. The van der Waals surface area contributed by atoms with Gasteiger partial charge in [0, 0.05) is 10.0 Å². The normalized spacial score (nSPS) is 16.3. The third-order valence-corrected chi connectivity index (χ3v) is 5.83. The number of nitrogens with two attached hydrogens (primary N) is 2. The van der Waals surface area contributed by atoms with Crippen LogP contribution in [0.5, 0.6) is 0 Å². The molecule has 1 aromatic heterocycles. The number of nitrogens with zero attached hydrogens (tertiary/aromatic N) is 3. The van der Waals surface area contributed by atoms with Crippen LogP contribution in [0, 0.1) is 0 Å². The molecule has 1 unspecified atom stereocenters. The van der Waals surface area contributed by atoms with Gasteiger partial charge in [-0.25, -0.2) is 0 Å². The molecule has 1 aliphatic heterocycles. The smallest absolute Gasteiger partial charge is 0.242 e. The second kappa shape index (κ2) is 6.12. The minimum atomic E-state index is -0.562. The Bertz CT molecular complexity index is 960. The van der Waals surface area contributed by atoms with Gasteiger partial charge in [-0.2, -0.15) is 0 Å². The molecule has 4 rings (SSSR count). The van der Waals surface area contributed by atoms with Crippen molar-refractivity contribution in [3.05, 3.63) is 62.5 Å². The average Bonchev–Trinajstić information content (AvgIpc) is 3.21. The fraction of sp³-hybridized carbons (Fsp3) is 0.118. The van der Waals surface area contributed by atoms with Crippen LogP contribution in [-0.4, -0.2) is 16.1 Å². The number of carbonyl (C=O) groups is 1. The molecule has 0 spiro atoms. The number of hydrogen-bond acceptors (Lipinski definition) is 6. The maximum Gasteiger partial charge on any atom is 0.242 e. The predicted octanol–water partition coefficient (Wildman–Crippen LogP) is 3.14. The lowest BCUT2D eigenvalue weighted by molar-refractivity contribution is -0.118. The molecule has 0 saturated carbocycles. The summed E-state index contributed by atoms with van der Waals surface area (Å²) in [5.74, 6) is -0.631. The standard InChI is InChI=1S/C17H14BrN5OS/c18-10-4-2-1-3-9(10)7-23-12-6-5-11(19)15(20)13(12)14(17(23)24)16-22-21-8-25-16/h1-6,8,14H,7,19-20H2. The molecular formula is C17H14BrN5OS. The lowest BCUT2D eigenvalue weighted by atomic mass is 9.99. The lowest BCUT2D eigenvalue weighted by Crippen LogP contribution is -2.28. The van der Waals surface area contributed by atoms with Crippen LogP contribution < -0.4 is 16.4 Å². The second-order valence-electron chi connectivity index (χ2n) is 5.73. The van der Waals surface area contributed by atoms with E-state index in [1.165, 1.54) is 11.3 Å². The zero-order valence-corrected chi connectivity index (χ0v) is 15.4. The molecule has 0 radical (unpaired) electrons. The van der Waals surface area contributed by atoms with Crippen molar-refractivity contribution in [2.75, 3.05) is 16.4 Å². The Morgan fingerprint density at radius 1 is 1.20 bits per heavy atom. The highest BCUT2D eigenvalue weighted by Crippen LogP contribution is 2.47. The van der Waals surface area contributed by atoms with Gasteiger partial charge in [0.05, 0.1) is 23.6 Å². The van der Waals surface area contributed by atoms with E-state index in [0.29, 0.717) is 28.5 Å². The Balaban J connectivity index is 1.84. The van der Waals surface area contributed by atoms with E-state index >= 15 is 0 Å². The van der Waals surface area contributed by atoms with Gasteiger partial charge in [0.25, 0.3) is 0 Å². The van der Waals surface area contributed by atoms with Gasteiger partial charge in [-0.15, -0.1) is 21.5 Å². The Morgan fingerprint density at radius 2 is 2.00 bits per heavy atom. The maximum atomic E-state index is 13.2. The van der Waals surface area contributed by atoms with E-state index in [0.717, 1.165) is 15.7 Å². The quantitative estimate of drug-likeness (QED) is 0.640. The van der Waals surface area contributed by atoms with E-state index < -0.39 is 5.92 Å². The first kappa shape index (κ1) is 16.0. The second-order valence-corrected chi connectivity index (χ2v) is 7.45. The SMILES string of the molecule is Nc1ccc2c(c1N)C(c1nncs1)C(=O)N2Cc1ccccc1Br. The molecule has 1 aliphatic rings. The van der Waals surface area contributed by atoms with Gasteiger partial charge in [0.1, 0.15) is 16.4 Å². The topological polar surface area (TPSA) is 98.1 Å². The highest BCUT2D eigenvalue weighted by molar-refractivity contribution is 9.10. The van der Waals surface area contributed by atoms with Crippen LogP contribution in [0.3, 0.4) is 0 Å². The Kier molecular flexibility index (Phi) is 3.93. The molecule has 1 amide bonds. The number of rotatable bonds is 3. The van der Waals surface area contributed by atoms with Crippen LogP contribution in [0.25, 0.3) is 0 Å². The monoisotopic (exact) mass is 415 g/mol. The minimum absolute atomic E-state index is 0.0696. The molecule has 2 heterocycles. The molecule has 0 saturated heterocycles. The van der Waals surface area contributed by atoms with Crippen molar-refractivity contribution in [3.63, 3.8) is 0 Å². The minimum Gasteiger partial charge on any atom is -0.397 e. The summed E-state index contributed by atoms with van der Waals surface area (Å²) >= 11 is 4.88. The van der Waals surface area contributed by atoms with Crippen molar-refractivity contribution >= 4 is 50.2 Å². The summed E-state index contributed by atoms with van der Waals surface area (Å²) in [5.41, 5.74) is 17.2. The van der Waals surface area contributed by atoms with Gasteiger partial charge in [0.15, 0.2) is 0 Å². The first-order valence-electron chi connectivity index (χ1n) is 7.56. The van der Waals surface area contributed by atoms with Gasteiger partial charge in [-0.3, -0.25) is 4.79 Å². The molecule has 1 atom stereocenters. The van der Waals surface area contributed by atoms with Gasteiger partial charge in [-0.05, 0) is 23.8 Å². The molecule has 126 valence electrons. The number of nitrogen functional groups attached to an aromatic ring is 2. The predicted molar refractivity (Wildman–Crippen MR) is 102 cm³/mol. The van der Waals surface area contributed by atoms with E-state index in [9.17, 15) is 4.79 Å². The highest BCUT2D eigenvalue weighted by atomic mass is 79.9. The van der Waals surface area contributed by atoms with Gasteiger partial charge in [-0.1, -0.05) is 34.1 Å². The summed E-state index contributed by atoms with van der Waals surface area (Å²) in [6, 6.07) is 11.4.